The predicted octanol–water partition coefficient (Wildman–Crippen LogP) is 4.45. The molecule has 4 rings (SSSR count). The van der Waals surface area contributed by atoms with Gasteiger partial charge in [-0.25, -0.2) is 4.79 Å². The van der Waals surface area contributed by atoms with Crippen LogP contribution >= 0.6 is 22.9 Å². The van der Waals surface area contributed by atoms with Crippen molar-refractivity contribution in [1.82, 2.24) is 9.80 Å². The Kier molecular flexibility index (Phi) is 7.13. The molecule has 1 aromatic heterocycles. The number of methoxy groups -OCH3 is 1. The van der Waals surface area contributed by atoms with Gasteiger partial charge in [0.15, 0.2) is 0 Å². The minimum Gasteiger partial charge on any atom is -0.507 e. The Labute approximate surface area is 206 Å². The van der Waals surface area contributed by atoms with Gasteiger partial charge in [-0.2, -0.15) is 0 Å². The average Bonchev–Trinajstić information content (AvgIpc) is 3.46. The number of amides is 2. The van der Waals surface area contributed by atoms with Gasteiger partial charge < -0.3 is 24.4 Å². The zero-order chi connectivity index (χ0) is 24.4. The molecule has 2 aliphatic rings. The Morgan fingerprint density at radius 2 is 1.97 bits per heavy atom. The van der Waals surface area contributed by atoms with Crippen LogP contribution in [-0.4, -0.2) is 65.5 Å². The van der Waals surface area contributed by atoms with Gasteiger partial charge in [-0.15, -0.1) is 11.3 Å². The number of aliphatic hydroxyl groups excluding tert-OH is 1. The van der Waals surface area contributed by atoms with Crippen LogP contribution in [0.15, 0.2) is 41.3 Å². The zero-order valence-corrected chi connectivity index (χ0v) is 20.4. The SMILES string of the molecule is CCOC(=O)N1CCC(N2C(=O)C(=O)/C(=C(\O)c3cc(OC)ccc3Cl)C2c2cccs2)CC1. The second-order valence-corrected chi connectivity index (χ2v) is 9.37. The number of halogens is 1. The number of hydrogen-bond donors (Lipinski definition) is 1. The van der Waals surface area contributed by atoms with Gasteiger partial charge in [-0.3, -0.25) is 9.59 Å². The maximum atomic E-state index is 13.3. The van der Waals surface area contributed by atoms with Crippen molar-refractivity contribution in [2.45, 2.75) is 31.8 Å². The Hall–Kier alpha value is -3.04. The van der Waals surface area contributed by atoms with Gasteiger partial charge >= 0.3 is 6.09 Å². The lowest BCUT2D eigenvalue weighted by molar-refractivity contribution is -0.142. The molecule has 1 N–H and O–H groups in total. The second kappa shape index (κ2) is 10.1. The number of piperidine rings is 1. The van der Waals surface area contributed by atoms with E-state index in [2.05, 4.69) is 0 Å². The van der Waals surface area contributed by atoms with E-state index in [1.165, 1.54) is 24.5 Å². The molecule has 2 aliphatic heterocycles. The van der Waals surface area contributed by atoms with Crippen LogP contribution in [0.25, 0.3) is 5.76 Å². The standard InChI is InChI=1S/C24H25ClN2O6S/c1-3-33-24(31)26-10-8-14(9-11-26)27-20(18-5-4-12-34-18)19(22(29)23(27)30)21(28)16-13-15(32-2)6-7-17(16)25/h4-7,12-14,20,28H,3,8-11H2,1-2H3/b21-19-. The van der Waals surface area contributed by atoms with E-state index in [1.54, 1.807) is 28.9 Å². The fourth-order valence-corrected chi connectivity index (χ4v) is 5.49. The van der Waals surface area contributed by atoms with Gasteiger partial charge in [-0.05, 0) is 49.4 Å². The summed E-state index contributed by atoms with van der Waals surface area (Å²) in [6.45, 7) is 2.86. The number of carbonyl (C=O) groups excluding carboxylic acids is 3. The smallest absolute Gasteiger partial charge is 0.409 e. The van der Waals surface area contributed by atoms with Crippen LogP contribution in [0.2, 0.25) is 5.02 Å². The van der Waals surface area contributed by atoms with E-state index in [0.717, 1.165) is 4.88 Å². The lowest BCUT2D eigenvalue weighted by atomic mass is 9.97. The molecule has 2 aromatic rings. The van der Waals surface area contributed by atoms with E-state index in [4.69, 9.17) is 21.1 Å². The van der Waals surface area contributed by atoms with Gasteiger partial charge in [0.1, 0.15) is 11.5 Å². The molecule has 1 aromatic carbocycles. The lowest BCUT2D eigenvalue weighted by Gasteiger charge is -2.38. The minimum absolute atomic E-state index is 0.00424. The summed E-state index contributed by atoms with van der Waals surface area (Å²) in [5.74, 6) is -1.32. The molecular weight excluding hydrogens is 480 g/mol. The molecule has 2 fully saturated rings. The fraction of sp³-hybridized carbons (Fsp3) is 0.375. The van der Waals surface area contributed by atoms with Crippen molar-refractivity contribution in [3.63, 3.8) is 0 Å². The summed E-state index contributed by atoms with van der Waals surface area (Å²) in [6.07, 6.45) is 0.604. The summed E-state index contributed by atoms with van der Waals surface area (Å²) < 4.78 is 10.3. The number of nitrogens with zero attached hydrogens (tertiary/aromatic N) is 2. The van der Waals surface area contributed by atoms with Gasteiger partial charge in [0, 0.05) is 29.6 Å². The number of aliphatic hydroxyl groups is 1. The van der Waals surface area contributed by atoms with E-state index in [9.17, 15) is 19.5 Å². The van der Waals surface area contributed by atoms with Crippen LogP contribution in [-0.2, 0) is 14.3 Å². The molecule has 0 aliphatic carbocycles. The molecule has 0 spiro atoms. The number of carbonyl (C=O) groups is 3. The highest BCUT2D eigenvalue weighted by molar-refractivity contribution is 7.10. The van der Waals surface area contributed by atoms with Crippen molar-refractivity contribution in [2.24, 2.45) is 0 Å². The Balaban J connectivity index is 1.73. The highest BCUT2D eigenvalue weighted by atomic mass is 35.5. The number of ether oxygens (including phenoxy) is 2. The largest absolute Gasteiger partial charge is 0.507 e. The van der Waals surface area contributed by atoms with Crippen molar-refractivity contribution < 1.29 is 29.0 Å². The molecule has 2 saturated heterocycles. The first kappa shape index (κ1) is 24.1. The van der Waals surface area contributed by atoms with Crippen molar-refractivity contribution >= 4 is 46.5 Å². The van der Waals surface area contributed by atoms with Gasteiger partial charge in [-0.1, -0.05) is 17.7 Å². The summed E-state index contributed by atoms with van der Waals surface area (Å²) in [5, 5.41) is 13.3. The molecule has 2 amide bonds. The normalized spacial score (nSPS) is 20.6. The monoisotopic (exact) mass is 504 g/mol. The van der Waals surface area contributed by atoms with Gasteiger partial charge in [0.25, 0.3) is 11.7 Å². The molecule has 0 radical (unpaired) electrons. The van der Waals surface area contributed by atoms with E-state index >= 15 is 0 Å². The number of thiophene rings is 1. The third kappa shape index (κ3) is 4.37. The molecule has 1 unspecified atom stereocenters. The fourth-order valence-electron chi connectivity index (χ4n) is 4.45. The molecule has 0 saturated carbocycles. The van der Waals surface area contributed by atoms with Gasteiger partial charge in [0.05, 0.1) is 30.4 Å². The van der Waals surface area contributed by atoms with Crippen LogP contribution in [0.5, 0.6) is 5.75 Å². The molecule has 10 heteroatoms. The highest BCUT2D eigenvalue weighted by Gasteiger charge is 2.50. The molecule has 8 nitrogen and oxygen atoms in total. The third-order valence-electron chi connectivity index (χ3n) is 6.11. The van der Waals surface area contributed by atoms with E-state index in [-0.39, 0.29) is 34.1 Å². The van der Waals surface area contributed by atoms with Gasteiger partial charge in [0.2, 0.25) is 0 Å². The van der Waals surface area contributed by atoms with Crippen molar-refractivity contribution in [3.8, 4) is 5.75 Å². The van der Waals surface area contributed by atoms with Crippen molar-refractivity contribution in [2.75, 3.05) is 26.8 Å². The average molecular weight is 505 g/mol. The summed E-state index contributed by atoms with van der Waals surface area (Å²) in [7, 11) is 1.49. The topological polar surface area (TPSA) is 96.4 Å². The quantitative estimate of drug-likeness (QED) is 0.367. The predicted molar refractivity (Wildman–Crippen MR) is 128 cm³/mol. The molecule has 0 bridgehead atoms. The van der Waals surface area contributed by atoms with Crippen molar-refractivity contribution in [3.05, 3.63) is 56.7 Å². The number of benzene rings is 1. The maximum Gasteiger partial charge on any atom is 0.409 e. The minimum atomic E-state index is -0.761. The number of Topliss-reactive ketones (excluding diaryl/α,β-unsaturated/α-hetero) is 1. The van der Waals surface area contributed by atoms with Crippen molar-refractivity contribution in [1.29, 1.82) is 0 Å². The molecular formula is C24H25ClN2O6S. The zero-order valence-electron chi connectivity index (χ0n) is 18.8. The first-order valence-corrected chi connectivity index (χ1v) is 12.2. The van der Waals surface area contributed by atoms with E-state index in [1.807, 2.05) is 17.5 Å². The number of hydrogen-bond acceptors (Lipinski definition) is 7. The summed E-state index contributed by atoms with van der Waals surface area (Å²) in [5.41, 5.74) is 0.216. The lowest BCUT2D eigenvalue weighted by Crippen LogP contribution is -2.48. The van der Waals surface area contributed by atoms with E-state index < -0.39 is 17.7 Å². The Morgan fingerprint density at radius 1 is 1.24 bits per heavy atom. The summed E-state index contributed by atoms with van der Waals surface area (Å²) in [6, 6.07) is 7.39. The number of rotatable bonds is 5. The first-order valence-electron chi connectivity index (χ1n) is 11.0. The highest BCUT2D eigenvalue weighted by Crippen LogP contribution is 2.44. The molecule has 1 atom stereocenters. The maximum absolute atomic E-state index is 13.3. The molecule has 3 heterocycles. The van der Waals surface area contributed by atoms with Crippen LogP contribution in [0.3, 0.4) is 0 Å². The Morgan fingerprint density at radius 3 is 2.59 bits per heavy atom. The Bertz CT molecular complexity index is 1120. The third-order valence-corrected chi connectivity index (χ3v) is 7.36. The molecule has 180 valence electrons. The van der Waals surface area contributed by atoms with Crippen LogP contribution in [0.1, 0.15) is 36.2 Å². The summed E-state index contributed by atoms with van der Waals surface area (Å²) >= 11 is 7.73. The van der Waals surface area contributed by atoms with Crippen LogP contribution < -0.4 is 4.74 Å². The first-order chi connectivity index (χ1) is 16.4. The number of ketones is 1. The second-order valence-electron chi connectivity index (χ2n) is 7.98. The van der Waals surface area contributed by atoms with Crippen LogP contribution in [0.4, 0.5) is 4.79 Å². The van der Waals surface area contributed by atoms with E-state index in [0.29, 0.717) is 38.3 Å². The summed E-state index contributed by atoms with van der Waals surface area (Å²) in [4.78, 5) is 42.5. The van der Waals surface area contributed by atoms with Crippen LogP contribution in [0, 0.1) is 0 Å². The molecule has 34 heavy (non-hydrogen) atoms. The number of likely N-dealkylation sites (tertiary alicyclic amines) is 2.